The molecule has 0 radical (unpaired) electrons. The van der Waals surface area contributed by atoms with E-state index in [0.717, 1.165) is 5.56 Å². The van der Waals surface area contributed by atoms with Gasteiger partial charge in [0.05, 0.1) is 0 Å². The Balaban J connectivity index is 1.47. The number of benzene rings is 3. The Hall–Kier alpha value is -4.33. The van der Waals surface area contributed by atoms with Crippen molar-refractivity contribution >= 4 is 35.1 Å². The van der Waals surface area contributed by atoms with Crippen molar-refractivity contribution in [2.75, 3.05) is 16.0 Å². The van der Waals surface area contributed by atoms with E-state index in [1.54, 1.807) is 43.3 Å². The van der Waals surface area contributed by atoms with Crippen molar-refractivity contribution in [1.82, 2.24) is 5.32 Å². The number of rotatable bonds is 7. The van der Waals surface area contributed by atoms with Crippen molar-refractivity contribution in [3.63, 3.8) is 0 Å². The van der Waals surface area contributed by atoms with E-state index in [0.29, 0.717) is 17.1 Å². The summed E-state index contributed by atoms with van der Waals surface area (Å²) in [7, 11) is 0. The summed E-state index contributed by atoms with van der Waals surface area (Å²) in [6.45, 7) is 1.66. The monoisotopic (exact) mass is 432 g/mol. The minimum atomic E-state index is -0.823. The molecule has 164 valence electrons. The van der Waals surface area contributed by atoms with Crippen LogP contribution in [-0.2, 0) is 16.1 Å². The number of amides is 4. The maximum atomic E-state index is 12.4. The van der Waals surface area contributed by atoms with Crippen molar-refractivity contribution in [2.24, 2.45) is 0 Å². The van der Waals surface area contributed by atoms with Gasteiger partial charge < -0.3 is 26.0 Å². The third-order valence-electron chi connectivity index (χ3n) is 4.36. The van der Waals surface area contributed by atoms with E-state index in [1.807, 2.05) is 48.5 Å². The number of nitrogens with one attached hydrogen (secondary N) is 4. The molecule has 0 saturated carbocycles. The Morgan fingerprint density at radius 1 is 0.750 bits per heavy atom. The van der Waals surface area contributed by atoms with Crippen molar-refractivity contribution in [1.29, 1.82) is 0 Å². The molecule has 0 bridgehead atoms. The first kappa shape index (κ1) is 22.4. The standard InChI is InChI=1S/C24H24N4O4/c1-17(25-24(31)32-16-18-9-4-2-5-10-18)22(29)26-20-13-8-14-21(15-20)28-23(30)27-19-11-6-3-7-12-19/h2-15,17H,16H2,1H3,(H,25,31)(H,26,29)(H2,27,28,30)/t17-/m1/s1. The quantitative estimate of drug-likeness (QED) is 0.438. The zero-order valence-electron chi connectivity index (χ0n) is 17.5. The number of hydrogen-bond donors (Lipinski definition) is 4. The number of para-hydroxylation sites is 1. The van der Waals surface area contributed by atoms with Crippen molar-refractivity contribution < 1.29 is 19.1 Å². The van der Waals surface area contributed by atoms with Gasteiger partial charge in [0.1, 0.15) is 12.6 Å². The van der Waals surface area contributed by atoms with Crippen LogP contribution in [0.15, 0.2) is 84.9 Å². The summed E-state index contributed by atoms with van der Waals surface area (Å²) in [6, 6.07) is 23.7. The number of carbonyl (C=O) groups is 3. The molecule has 0 aliphatic rings. The van der Waals surface area contributed by atoms with Crippen LogP contribution in [0.25, 0.3) is 0 Å². The first-order chi connectivity index (χ1) is 15.5. The van der Waals surface area contributed by atoms with E-state index in [2.05, 4.69) is 21.3 Å². The van der Waals surface area contributed by atoms with E-state index in [4.69, 9.17) is 4.74 Å². The Morgan fingerprint density at radius 2 is 1.31 bits per heavy atom. The highest BCUT2D eigenvalue weighted by Gasteiger charge is 2.17. The predicted octanol–water partition coefficient (Wildman–Crippen LogP) is 4.58. The molecule has 8 nitrogen and oxygen atoms in total. The number of hydrogen-bond acceptors (Lipinski definition) is 4. The Morgan fingerprint density at radius 3 is 2.00 bits per heavy atom. The van der Waals surface area contributed by atoms with Gasteiger partial charge in [0.15, 0.2) is 0 Å². The van der Waals surface area contributed by atoms with Crippen LogP contribution in [0.1, 0.15) is 12.5 Å². The number of anilines is 3. The number of ether oxygens (including phenoxy) is 1. The van der Waals surface area contributed by atoms with E-state index >= 15 is 0 Å². The van der Waals surface area contributed by atoms with Gasteiger partial charge in [0, 0.05) is 17.1 Å². The van der Waals surface area contributed by atoms with E-state index in [1.165, 1.54) is 0 Å². The highest BCUT2D eigenvalue weighted by Crippen LogP contribution is 2.16. The average molecular weight is 432 g/mol. The van der Waals surface area contributed by atoms with Crippen LogP contribution in [-0.4, -0.2) is 24.1 Å². The molecule has 0 heterocycles. The molecule has 4 N–H and O–H groups in total. The largest absolute Gasteiger partial charge is 0.445 e. The van der Waals surface area contributed by atoms with Gasteiger partial charge in [-0.2, -0.15) is 0 Å². The molecule has 0 aliphatic carbocycles. The summed E-state index contributed by atoms with van der Waals surface area (Å²) < 4.78 is 5.13. The van der Waals surface area contributed by atoms with Gasteiger partial charge in [-0.1, -0.05) is 54.6 Å². The molecule has 32 heavy (non-hydrogen) atoms. The predicted molar refractivity (Wildman–Crippen MR) is 123 cm³/mol. The fourth-order valence-corrected chi connectivity index (χ4v) is 2.75. The Labute approximate surface area is 186 Å². The summed E-state index contributed by atoms with van der Waals surface area (Å²) in [5.74, 6) is -0.424. The number of alkyl carbamates (subject to hydrolysis) is 1. The van der Waals surface area contributed by atoms with Gasteiger partial charge in [-0.25, -0.2) is 9.59 Å². The van der Waals surface area contributed by atoms with Crippen molar-refractivity contribution in [2.45, 2.75) is 19.6 Å². The summed E-state index contributed by atoms with van der Waals surface area (Å²) in [6.07, 6.45) is -0.690. The zero-order chi connectivity index (χ0) is 22.8. The lowest BCUT2D eigenvalue weighted by Gasteiger charge is -2.15. The summed E-state index contributed by atoms with van der Waals surface area (Å²) in [5.41, 5.74) is 2.48. The van der Waals surface area contributed by atoms with Crippen LogP contribution >= 0.6 is 0 Å². The molecule has 0 spiro atoms. The minimum absolute atomic E-state index is 0.111. The normalized spacial score (nSPS) is 11.0. The lowest BCUT2D eigenvalue weighted by molar-refractivity contribution is -0.117. The van der Waals surface area contributed by atoms with Gasteiger partial charge in [0.2, 0.25) is 5.91 Å². The molecule has 0 fully saturated rings. The molecule has 0 saturated heterocycles. The lowest BCUT2D eigenvalue weighted by atomic mass is 10.2. The van der Waals surface area contributed by atoms with Gasteiger partial charge in [-0.3, -0.25) is 4.79 Å². The molecule has 3 aromatic carbocycles. The van der Waals surface area contributed by atoms with E-state index in [-0.39, 0.29) is 6.61 Å². The van der Waals surface area contributed by atoms with Gasteiger partial charge in [0.25, 0.3) is 0 Å². The highest BCUT2D eigenvalue weighted by atomic mass is 16.5. The molecule has 3 aromatic rings. The summed E-state index contributed by atoms with van der Waals surface area (Å²) in [4.78, 5) is 36.5. The second-order valence-electron chi connectivity index (χ2n) is 6.94. The van der Waals surface area contributed by atoms with Crippen LogP contribution in [0.5, 0.6) is 0 Å². The molecule has 0 unspecified atom stereocenters. The molecular formula is C24H24N4O4. The maximum Gasteiger partial charge on any atom is 0.408 e. The van der Waals surface area contributed by atoms with Gasteiger partial charge >= 0.3 is 12.1 Å². The van der Waals surface area contributed by atoms with Crippen LogP contribution < -0.4 is 21.3 Å². The fraction of sp³-hybridized carbons (Fsp3) is 0.125. The molecule has 0 aromatic heterocycles. The third kappa shape index (κ3) is 7.17. The molecular weight excluding hydrogens is 408 g/mol. The smallest absolute Gasteiger partial charge is 0.408 e. The van der Waals surface area contributed by atoms with Crippen LogP contribution in [0.4, 0.5) is 26.7 Å². The molecule has 8 heteroatoms. The SMILES string of the molecule is C[C@@H](NC(=O)OCc1ccccc1)C(=O)Nc1cccc(NC(=O)Nc2ccccc2)c1. The summed E-state index contributed by atoms with van der Waals surface area (Å²) in [5, 5.41) is 10.6. The first-order valence-corrected chi connectivity index (χ1v) is 10.0. The van der Waals surface area contributed by atoms with Crippen molar-refractivity contribution in [3.8, 4) is 0 Å². The Kier molecular flexibility index (Phi) is 7.80. The van der Waals surface area contributed by atoms with Gasteiger partial charge in [-0.05, 0) is 42.8 Å². The van der Waals surface area contributed by atoms with Crippen LogP contribution in [0.3, 0.4) is 0 Å². The lowest BCUT2D eigenvalue weighted by Crippen LogP contribution is -2.41. The fourth-order valence-electron chi connectivity index (χ4n) is 2.75. The third-order valence-corrected chi connectivity index (χ3v) is 4.36. The van der Waals surface area contributed by atoms with E-state index in [9.17, 15) is 14.4 Å². The minimum Gasteiger partial charge on any atom is -0.445 e. The van der Waals surface area contributed by atoms with Crippen LogP contribution in [0.2, 0.25) is 0 Å². The second kappa shape index (κ2) is 11.2. The first-order valence-electron chi connectivity index (χ1n) is 10.0. The topological polar surface area (TPSA) is 109 Å². The molecule has 0 aliphatic heterocycles. The molecule has 1 atom stereocenters. The Bertz CT molecular complexity index is 1060. The molecule has 4 amide bonds. The molecule has 3 rings (SSSR count). The highest BCUT2D eigenvalue weighted by molar-refractivity contribution is 6.01. The summed E-state index contributed by atoms with van der Waals surface area (Å²) >= 11 is 0. The zero-order valence-corrected chi connectivity index (χ0v) is 17.5. The van der Waals surface area contributed by atoms with Crippen LogP contribution in [0, 0.1) is 0 Å². The maximum absolute atomic E-state index is 12.4. The number of urea groups is 1. The number of carbonyl (C=O) groups excluding carboxylic acids is 3. The van der Waals surface area contributed by atoms with Crippen molar-refractivity contribution in [3.05, 3.63) is 90.5 Å². The van der Waals surface area contributed by atoms with E-state index < -0.39 is 24.1 Å². The second-order valence-corrected chi connectivity index (χ2v) is 6.94. The average Bonchev–Trinajstić information content (AvgIpc) is 2.79. The van der Waals surface area contributed by atoms with Gasteiger partial charge in [-0.15, -0.1) is 0 Å².